The molecule has 0 atom stereocenters. The number of anilines is 1. The highest BCUT2D eigenvalue weighted by Gasteiger charge is 2.23. The monoisotopic (exact) mass is 443 g/mol. The first kappa shape index (κ1) is 23.1. The molecule has 0 aromatic heterocycles. The van der Waals surface area contributed by atoms with E-state index in [1.54, 1.807) is 0 Å². The van der Waals surface area contributed by atoms with Crippen LogP contribution in [-0.2, 0) is 27.4 Å². The lowest BCUT2D eigenvalue weighted by Crippen LogP contribution is -2.24. The lowest BCUT2D eigenvalue weighted by atomic mass is 9.82. The molecule has 1 saturated carbocycles. The molecule has 0 bridgehead atoms. The smallest absolute Gasteiger partial charge is 0.331 e. The maximum atomic E-state index is 11.3. The van der Waals surface area contributed by atoms with Gasteiger partial charge in [0.1, 0.15) is 6.61 Å². The summed E-state index contributed by atoms with van der Waals surface area (Å²) in [4.78, 5) is 13.7. The number of rotatable bonds is 9. The Morgan fingerprint density at radius 1 is 0.788 bits per heavy atom. The Kier molecular flexibility index (Phi) is 8.15. The van der Waals surface area contributed by atoms with Crippen molar-refractivity contribution in [3.05, 3.63) is 102 Å². The average molecular weight is 444 g/mol. The number of methoxy groups -OCH3 is 1. The highest BCUT2D eigenvalue weighted by Crippen LogP contribution is 2.35. The SMILES string of the molecule is COC(=O)COC1CCC(c2ccc(N(Cc3ccccc3)Cc3ccccc3)cc2)CC1. The summed E-state index contributed by atoms with van der Waals surface area (Å²) in [6, 6.07) is 30.4. The van der Waals surface area contributed by atoms with Crippen molar-refractivity contribution in [2.24, 2.45) is 0 Å². The van der Waals surface area contributed by atoms with Crippen LogP contribution in [0.15, 0.2) is 84.9 Å². The molecule has 0 unspecified atom stereocenters. The quantitative estimate of drug-likeness (QED) is 0.374. The Bertz CT molecular complexity index is 939. The number of ether oxygens (including phenoxy) is 2. The van der Waals surface area contributed by atoms with Gasteiger partial charge in [-0.25, -0.2) is 4.79 Å². The largest absolute Gasteiger partial charge is 0.467 e. The molecule has 0 saturated heterocycles. The van der Waals surface area contributed by atoms with E-state index in [1.807, 2.05) is 0 Å². The molecule has 3 aromatic rings. The van der Waals surface area contributed by atoms with Gasteiger partial charge in [0.25, 0.3) is 0 Å². The molecule has 3 aromatic carbocycles. The van der Waals surface area contributed by atoms with E-state index in [0.717, 1.165) is 38.8 Å². The van der Waals surface area contributed by atoms with E-state index in [9.17, 15) is 4.79 Å². The number of hydrogen-bond donors (Lipinski definition) is 0. The van der Waals surface area contributed by atoms with Crippen molar-refractivity contribution >= 4 is 11.7 Å². The van der Waals surface area contributed by atoms with Crippen LogP contribution in [-0.4, -0.2) is 25.8 Å². The minimum absolute atomic E-state index is 0.0548. The Morgan fingerprint density at radius 3 is 1.85 bits per heavy atom. The zero-order valence-electron chi connectivity index (χ0n) is 19.4. The fourth-order valence-electron chi connectivity index (χ4n) is 4.61. The molecular weight excluding hydrogens is 410 g/mol. The van der Waals surface area contributed by atoms with E-state index in [4.69, 9.17) is 4.74 Å². The molecule has 1 aliphatic rings. The molecule has 1 aliphatic carbocycles. The van der Waals surface area contributed by atoms with Crippen LogP contribution in [0.3, 0.4) is 0 Å². The van der Waals surface area contributed by atoms with Gasteiger partial charge in [0.2, 0.25) is 0 Å². The van der Waals surface area contributed by atoms with Crippen LogP contribution >= 0.6 is 0 Å². The van der Waals surface area contributed by atoms with Crippen LogP contribution in [0.1, 0.15) is 48.3 Å². The molecule has 0 spiro atoms. The third kappa shape index (κ3) is 6.69. The normalized spacial score (nSPS) is 18.0. The first-order valence-corrected chi connectivity index (χ1v) is 11.8. The first-order chi connectivity index (χ1) is 16.2. The lowest BCUT2D eigenvalue weighted by molar-refractivity contribution is -0.148. The molecule has 0 aliphatic heterocycles. The summed E-state index contributed by atoms with van der Waals surface area (Å²) in [6.45, 7) is 1.80. The van der Waals surface area contributed by atoms with Crippen LogP contribution in [0.2, 0.25) is 0 Å². The van der Waals surface area contributed by atoms with Gasteiger partial charge in [-0.15, -0.1) is 0 Å². The number of esters is 1. The number of carbonyl (C=O) groups excluding carboxylic acids is 1. The van der Waals surface area contributed by atoms with E-state index >= 15 is 0 Å². The molecule has 33 heavy (non-hydrogen) atoms. The van der Waals surface area contributed by atoms with Gasteiger partial charge >= 0.3 is 5.97 Å². The minimum Gasteiger partial charge on any atom is -0.467 e. The van der Waals surface area contributed by atoms with Gasteiger partial charge in [0, 0.05) is 18.8 Å². The van der Waals surface area contributed by atoms with Crippen molar-refractivity contribution in [1.29, 1.82) is 0 Å². The van der Waals surface area contributed by atoms with Gasteiger partial charge in [-0.05, 0) is 60.4 Å². The van der Waals surface area contributed by atoms with Crippen LogP contribution in [0, 0.1) is 0 Å². The van der Waals surface area contributed by atoms with Gasteiger partial charge in [-0.1, -0.05) is 72.8 Å². The molecule has 4 rings (SSSR count). The van der Waals surface area contributed by atoms with E-state index in [2.05, 4.69) is 94.6 Å². The van der Waals surface area contributed by atoms with Gasteiger partial charge in [0.05, 0.1) is 13.2 Å². The molecule has 0 amide bonds. The van der Waals surface area contributed by atoms with Crippen molar-refractivity contribution in [2.45, 2.75) is 50.8 Å². The molecule has 0 N–H and O–H groups in total. The van der Waals surface area contributed by atoms with Gasteiger partial charge in [0.15, 0.2) is 0 Å². The maximum Gasteiger partial charge on any atom is 0.331 e. The molecule has 4 nitrogen and oxygen atoms in total. The van der Waals surface area contributed by atoms with Gasteiger partial charge in [-0.3, -0.25) is 0 Å². The van der Waals surface area contributed by atoms with Crippen LogP contribution in [0.25, 0.3) is 0 Å². The molecule has 4 heteroatoms. The maximum absolute atomic E-state index is 11.3. The second-order valence-electron chi connectivity index (χ2n) is 8.78. The second kappa shape index (κ2) is 11.7. The van der Waals surface area contributed by atoms with Crippen molar-refractivity contribution in [2.75, 3.05) is 18.6 Å². The summed E-state index contributed by atoms with van der Waals surface area (Å²) >= 11 is 0. The Balaban J connectivity index is 1.40. The van der Waals surface area contributed by atoms with Gasteiger partial charge in [-0.2, -0.15) is 0 Å². The Morgan fingerprint density at radius 2 is 1.33 bits per heavy atom. The number of benzene rings is 3. The van der Waals surface area contributed by atoms with Gasteiger partial charge < -0.3 is 14.4 Å². The highest BCUT2D eigenvalue weighted by molar-refractivity contribution is 5.70. The van der Waals surface area contributed by atoms with Crippen molar-refractivity contribution in [3.63, 3.8) is 0 Å². The first-order valence-electron chi connectivity index (χ1n) is 11.8. The highest BCUT2D eigenvalue weighted by atomic mass is 16.6. The third-order valence-electron chi connectivity index (χ3n) is 6.50. The summed E-state index contributed by atoms with van der Waals surface area (Å²) < 4.78 is 10.4. The molecule has 0 heterocycles. The zero-order chi connectivity index (χ0) is 22.9. The van der Waals surface area contributed by atoms with E-state index in [-0.39, 0.29) is 18.7 Å². The van der Waals surface area contributed by atoms with Crippen LogP contribution in [0.4, 0.5) is 5.69 Å². The topological polar surface area (TPSA) is 38.8 Å². The average Bonchev–Trinajstić information content (AvgIpc) is 2.88. The number of hydrogen-bond acceptors (Lipinski definition) is 4. The van der Waals surface area contributed by atoms with E-state index < -0.39 is 0 Å². The van der Waals surface area contributed by atoms with Crippen molar-refractivity contribution in [3.8, 4) is 0 Å². The van der Waals surface area contributed by atoms with Crippen LogP contribution in [0.5, 0.6) is 0 Å². The summed E-state index contributed by atoms with van der Waals surface area (Å²) in [7, 11) is 1.40. The molecule has 1 fully saturated rings. The van der Waals surface area contributed by atoms with E-state index in [1.165, 1.54) is 29.5 Å². The Labute approximate surface area is 197 Å². The van der Waals surface area contributed by atoms with Crippen molar-refractivity contribution in [1.82, 2.24) is 0 Å². The lowest BCUT2D eigenvalue weighted by Gasteiger charge is -2.29. The minimum atomic E-state index is -0.303. The summed E-state index contributed by atoms with van der Waals surface area (Å²) in [5, 5.41) is 0. The van der Waals surface area contributed by atoms with Crippen LogP contribution < -0.4 is 4.90 Å². The summed E-state index contributed by atoms with van der Waals surface area (Å²) in [5.41, 5.74) is 5.25. The zero-order valence-corrected chi connectivity index (χ0v) is 19.4. The third-order valence-corrected chi connectivity index (χ3v) is 6.50. The molecular formula is C29H33NO3. The predicted molar refractivity (Wildman–Crippen MR) is 132 cm³/mol. The fourth-order valence-corrected chi connectivity index (χ4v) is 4.61. The summed E-state index contributed by atoms with van der Waals surface area (Å²) in [5.74, 6) is 0.247. The number of carbonyl (C=O) groups is 1. The molecule has 0 radical (unpaired) electrons. The standard InChI is InChI=1S/C29H33NO3/c1-32-29(31)22-33-28-18-14-26(15-19-28)25-12-16-27(17-13-25)30(20-23-8-4-2-5-9-23)21-24-10-6-3-7-11-24/h2-13,16-17,26,28H,14-15,18-22H2,1H3. The Hall–Kier alpha value is -3.11. The fraction of sp³-hybridized carbons (Fsp3) is 0.345. The predicted octanol–water partition coefficient (Wildman–Crippen LogP) is 6.11. The second-order valence-corrected chi connectivity index (χ2v) is 8.78. The number of nitrogens with zero attached hydrogens (tertiary/aromatic N) is 1. The van der Waals surface area contributed by atoms with Crippen molar-refractivity contribution < 1.29 is 14.3 Å². The molecule has 172 valence electrons. The summed E-state index contributed by atoms with van der Waals surface area (Å²) in [6.07, 6.45) is 4.30. The van der Waals surface area contributed by atoms with E-state index in [0.29, 0.717) is 5.92 Å².